The third-order valence-corrected chi connectivity index (χ3v) is 8.26. The summed E-state index contributed by atoms with van der Waals surface area (Å²) in [5.74, 6) is 1.65. The summed E-state index contributed by atoms with van der Waals surface area (Å²) in [5, 5.41) is 10.5. The van der Waals surface area contributed by atoms with E-state index in [1.165, 1.54) is 6.42 Å². The molecule has 0 aliphatic carbocycles. The lowest BCUT2D eigenvalue weighted by atomic mass is 9.93. The molecule has 0 bridgehead atoms. The zero-order valence-corrected chi connectivity index (χ0v) is 16.3. The molecule has 6 heteroatoms. The average molecular weight is 383 g/mol. The average Bonchev–Trinajstić information content (AvgIpc) is 2.91. The highest BCUT2D eigenvalue weighted by atomic mass is 32.2. The molecule has 5 atom stereocenters. The van der Waals surface area contributed by atoms with E-state index in [4.69, 9.17) is 9.47 Å². The van der Waals surface area contributed by atoms with Crippen LogP contribution in [0, 0.1) is 11.8 Å². The summed E-state index contributed by atoms with van der Waals surface area (Å²) in [4.78, 5) is 11.9. The Morgan fingerprint density at radius 3 is 2.56 bits per heavy atom. The fourth-order valence-electron chi connectivity index (χ4n) is 3.27. The summed E-state index contributed by atoms with van der Waals surface area (Å²) in [7, 11) is 0. The number of rotatable bonds is 6. The quantitative estimate of drug-likeness (QED) is 0.762. The fraction of sp³-hybridized carbons (Fsp3) is 0.632. The second kappa shape index (κ2) is 8.80. The Hall–Kier alpha value is -0.690. The van der Waals surface area contributed by atoms with E-state index >= 15 is 0 Å². The van der Waals surface area contributed by atoms with Gasteiger partial charge in [0.25, 0.3) is 0 Å². The van der Waals surface area contributed by atoms with Crippen molar-refractivity contribution in [1.82, 2.24) is 0 Å². The number of esters is 1. The van der Waals surface area contributed by atoms with Crippen molar-refractivity contribution < 1.29 is 19.4 Å². The van der Waals surface area contributed by atoms with Gasteiger partial charge in [0, 0.05) is 5.92 Å². The van der Waals surface area contributed by atoms with Crippen LogP contribution in [-0.4, -0.2) is 45.5 Å². The number of carbonyl (C=O) groups excluding carboxylic acids is 1. The van der Waals surface area contributed by atoms with E-state index in [1.54, 1.807) is 6.92 Å². The van der Waals surface area contributed by atoms with Gasteiger partial charge in [-0.1, -0.05) is 37.3 Å². The van der Waals surface area contributed by atoms with Crippen LogP contribution >= 0.6 is 23.5 Å². The van der Waals surface area contributed by atoms with Gasteiger partial charge in [-0.2, -0.15) is 0 Å². The van der Waals surface area contributed by atoms with Crippen LogP contribution in [0.25, 0.3) is 0 Å². The lowest BCUT2D eigenvalue weighted by Crippen LogP contribution is -2.44. The maximum atomic E-state index is 11.9. The van der Waals surface area contributed by atoms with Gasteiger partial charge in [0.05, 0.1) is 17.1 Å². The molecule has 0 aromatic heterocycles. The van der Waals surface area contributed by atoms with Crippen LogP contribution in [0.4, 0.5) is 0 Å². The Morgan fingerprint density at radius 2 is 1.96 bits per heavy atom. The Morgan fingerprint density at radius 1 is 1.28 bits per heavy atom. The van der Waals surface area contributed by atoms with E-state index in [-0.39, 0.29) is 18.0 Å². The molecule has 138 valence electrons. The Labute approximate surface area is 158 Å². The molecule has 2 aliphatic rings. The highest BCUT2D eigenvalue weighted by Gasteiger charge is 2.48. The van der Waals surface area contributed by atoms with Crippen LogP contribution in [0.1, 0.15) is 25.8 Å². The monoisotopic (exact) mass is 382 g/mol. The van der Waals surface area contributed by atoms with Gasteiger partial charge in [0.1, 0.15) is 12.2 Å². The van der Waals surface area contributed by atoms with Crippen LogP contribution in [0.15, 0.2) is 30.3 Å². The first-order valence-electron chi connectivity index (χ1n) is 8.85. The Kier molecular flexibility index (Phi) is 6.72. The first-order valence-corrected chi connectivity index (χ1v) is 10.9. The Bertz CT molecular complexity index is 562. The zero-order chi connectivity index (χ0) is 17.8. The minimum absolute atomic E-state index is 0.178. The van der Waals surface area contributed by atoms with Crippen LogP contribution in [0.5, 0.6) is 0 Å². The van der Waals surface area contributed by atoms with Gasteiger partial charge in [-0.3, -0.25) is 4.79 Å². The van der Waals surface area contributed by atoms with Gasteiger partial charge in [0.2, 0.25) is 0 Å². The fourth-order valence-corrected chi connectivity index (χ4v) is 6.42. The van der Waals surface area contributed by atoms with Crippen LogP contribution in [0.2, 0.25) is 0 Å². The lowest BCUT2D eigenvalue weighted by molar-refractivity contribution is -0.154. The standard InChI is InChI=1S/C19H26O4S2/c1-12-15(20)17(23-18(12)21)16(13(2)19-24-9-6-10-25-19)22-11-14-7-4-3-5-8-14/h3-5,7-8,12-13,15-17,19-20H,6,9-11H2,1-2H3/t12-,13+,15-,16+,17-/m1/s1. The molecule has 0 spiro atoms. The van der Waals surface area contributed by atoms with Crippen molar-refractivity contribution in [2.45, 2.75) is 49.8 Å². The molecule has 1 aromatic carbocycles. The number of benzene rings is 1. The predicted molar refractivity (Wildman–Crippen MR) is 103 cm³/mol. The Balaban J connectivity index is 1.74. The van der Waals surface area contributed by atoms with E-state index < -0.39 is 18.1 Å². The first-order chi connectivity index (χ1) is 12.1. The SMILES string of the molecule is C[C@H](C1SCCCS1)[C@H](OCc1ccccc1)[C@@H]1OC(=O)[C@H](C)[C@H]1O. The maximum absolute atomic E-state index is 11.9. The molecule has 2 heterocycles. The zero-order valence-electron chi connectivity index (χ0n) is 14.7. The topological polar surface area (TPSA) is 55.8 Å². The maximum Gasteiger partial charge on any atom is 0.311 e. The van der Waals surface area contributed by atoms with Crippen molar-refractivity contribution in [3.8, 4) is 0 Å². The molecule has 0 amide bonds. The molecular weight excluding hydrogens is 356 g/mol. The molecule has 2 fully saturated rings. The molecule has 0 radical (unpaired) electrons. The van der Waals surface area contributed by atoms with Crippen molar-refractivity contribution in [2.75, 3.05) is 11.5 Å². The number of hydrogen-bond donors (Lipinski definition) is 1. The van der Waals surface area contributed by atoms with Crippen molar-refractivity contribution in [3.05, 3.63) is 35.9 Å². The van der Waals surface area contributed by atoms with E-state index in [9.17, 15) is 9.90 Å². The number of aliphatic hydroxyl groups excluding tert-OH is 1. The molecule has 4 nitrogen and oxygen atoms in total. The number of cyclic esters (lactones) is 1. The predicted octanol–water partition coefficient (Wildman–Crippen LogP) is 3.33. The van der Waals surface area contributed by atoms with Crippen LogP contribution in [0.3, 0.4) is 0 Å². The minimum atomic E-state index is -0.811. The van der Waals surface area contributed by atoms with E-state index in [1.807, 2.05) is 53.9 Å². The second-order valence-electron chi connectivity index (χ2n) is 6.76. The molecule has 3 rings (SSSR count). The molecular formula is C19H26O4S2. The van der Waals surface area contributed by atoms with E-state index in [0.29, 0.717) is 11.2 Å². The molecule has 0 unspecified atom stereocenters. The van der Waals surface area contributed by atoms with Gasteiger partial charge in [-0.05, 0) is 30.4 Å². The largest absolute Gasteiger partial charge is 0.456 e. The molecule has 2 saturated heterocycles. The van der Waals surface area contributed by atoms with Crippen molar-refractivity contribution in [3.63, 3.8) is 0 Å². The third-order valence-electron chi connectivity index (χ3n) is 4.88. The van der Waals surface area contributed by atoms with Crippen molar-refractivity contribution in [1.29, 1.82) is 0 Å². The van der Waals surface area contributed by atoms with Gasteiger partial charge in [-0.25, -0.2) is 0 Å². The summed E-state index contributed by atoms with van der Waals surface area (Å²) < 4.78 is 12.1. The van der Waals surface area contributed by atoms with Gasteiger partial charge in [0.15, 0.2) is 6.10 Å². The highest BCUT2D eigenvalue weighted by molar-refractivity contribution is 8.17. The number of ether oxygens (including phenoxy) is 2. The normalized spacial score (nSPS) is 30.0. The number of thioether (sulfide) groups is 2. The summed E-state index contributed by atoms with van der Waals surface area (Å²) in [6, 6.07) is 9.98. The summed E-state index contributed by atoms with van der Waals surface area (Å²) in [6.07, 6.45) is -0.488. The summed E-state index contributed by atoms with van der Waals surface area (Å²) in [5.41, 5.74) is 1.08. The molecule has 0 saturated carbocycles. The lowest BCUT2D eigenvalue weighted by Gasteiger charge is -2.35. The van der Waals surface area contributed by atoms with Gasteiger partial charge >= 0.3 is 5.97 Å². The molecule has 2 aliphatic heterocycles. The number of aliphatic hydroxyl groups is 1. The number of carbonyl (C=O) groups is 1. The van der Waals surface area contributed by atoms with E-state index in [2.05, 4.69) is 6.92 Å². The van der Waals surface area contributed by atoms with Crippen LogP contribution < -0.4 is 0 Å². The second-order valence-corrected chi connectivity index (χ2v) is 9.56. The smallest absolute Gasteiger partial charge is 0.311 e. The van der Waals surface area contributed by atoms with Crippen molar-refractivity contribution in [2.24, 2.45) is 11.8 Å². The highest BCUT2D eigenvalue weighted by Crippen LogP contribution is 2.40. The van der Waals surface area contributed by atoms with Crippen molar-refractivity contribution >= 4 is 29.5 Å². The molecule has 1 N–H and O–H groups in total. The summed E-state index contributed by atoms with van der Waals surface area (Å²) in [6.45, 7) is 4.32. The molecule has 25 heavy (non-hydrogen) atoms. The summed E-state index contributed by atoms with van der Waals surface area (Å²) >= 11 is 3.89. The van der Waals surface area contributed by atoms with Crippen LogP contribution in [-0.2, 0) is 20.9 Å². The van der Waals surface area contributed by atoms with E-state index in [0.717, 1.165) is 17.1 Å². The number of hydrogen-bond acceptors (Lipinski definition) is 6. The minimum Gasteiger partial charge on any atom is -0.456 e. The third kappa shape index (κ3) is 4.54. The van der Waals surface area contributed by atoms with Gasteiger partial charge in [-0.15, -0.1) is 23.5 Å². The molecule has 1 aromatic rings. The first kappa shape index (κ1) is 19.1. The van der Waals surface area contributed by atoms with Gasteiger partial charge < -0.3 is 14.6 Å².